The van der Waals surface area contributed by atoms with E-state index in [-0.39, 0.29) is 5.84 Å². The Morgan fingerprint density at radius 1 is 1.30 bits per heavy atom. The van der Waals surface area contributed by atoms with Crippen molar-refractivity contribution in [1.29, 1.82) is 0 Å². The van der Waals surface area contributed by atoms with Gasteiger partial charge in [-0.25, -0.2) is 0 Å². The highest BCUT2D eigenvalue weighted by molar-refractivity contribution is 5.98. The van der Waals surface area contributed by atoms with Gasteiger partial charge in [0.2, 0.25) is 0 Å². The summed E-state index contributed by atoms with van der Waals surface area (Å²) in [4.78, 5) is 0. The molecule has 0 heterocycles. The molecule has 4 N–H and O–H groups in total. The molecule has 0 saturated carbocycles. The maximum absolute atomic E-state index is 8.79. The van der Waals surface area contributed by atoms with Crippen LogP contribution in [0.4, 0.5) is 0 Å². The summed E-state index contributed by atoms with van der Waals surface area (Å²) in [5, 5.41) is 15.3. The van der Waals surface area contributed by atoms with Gasteiger partial charge < -0.3 is 16.3 Å². The number of hydrogen-bond donors (Lipinski definition) is 3. The van der Waals surface area contributed by atoms with Gasteiger partial charge in [0.05, 0.1) is 0 Å². The van der Waals surface area contributed by atoms with Crippen LogP contribution in [0.15, 0.2) is 41.1 Å². The van der Waals surface area contributed by atoms with Crippen LogP contribution in [0.25, 0.3) is 0 Å². The van der Waals surface area contributed by atoms with Gasteiger partial charge in [0.1, 0.15) is 0 Å². The van der Waals surface area contributed by atoms with E-state index in [0.29, 0.717) is 0 Å². The van der Waals surface area contributed by atoms with Crippen LogP contribution in [0.2, 0.25) is 0 Å². The molecule has 0 radical (unpaired) electrons. The SMILES string of the molecule is NC(=NO)c1ccccc1CNCCC1=CCCCC1. The van der Waals surface area contributed by atoms with Crippen molar-refractivity contribution in [2.45, 2.75) is 38.6 Å². The summed E-state index contributed by atoms with van der Waals surface area (Å²) in [5.41, 5.74) is 9.10. The summed E-state index contributed by atoms with van der Waals surface area (Å²) in [5.74, 6) is 0.164. The summed E-state index contributed by atoms with van der Waals surface area (Å²) >= 11 is 0. The fourth-order valence-electron chi connectivity index (χ4n) is 2.58. The van der Waals surface area contributed by atoms with E-state index in [1.807, 2.05) is 24.3 Å². The summed E-state index contributed by atoms with van der Waals surface area (Å²) in [7, 11) is 0. The lowest BCUT2D eigenvalue weighted by molar-refractivity contribution is 0.318. The highest BCUT2D eigenvalue weighted by Crippen LogP contribution is 2.19. The minimum atomic E-state index is 0.164. The molecule has 0 spiro atoms. The van der Waals surface area contributed by atoms with E-state index in [1.165, 1.54) is 25.7 Å². The lowest BCUT2D eigenvalue weighted by Crippen LogP contribution is -2.21. The second kappa shape index (κ2) is 7.70. The molecule has 0 saturated heterocycles. The molecule has 4 heteroatoms. The minimum Gasteiger partial charge on any atom is -0.409 e. The van der Waals surface area contributed by atoms with Crippen LogP contribution in [-0.2, 0) is 6.54 Å². The molecule has 0 amide bonds. The minimum absolute atomic E-state index is 0.164. The van der Waals surface area contributed by atoms with Gasteiger partial charge in [-0.1, -0.05) is 41.1 Å². The number of hydrogen-bond acceptors (Lipinski definition) is 3. The van der Waals surface area contributed by atoms with E-state index in [1.54, 1.807) is 5.57 Å². The Bertz CT molecular complexity index is 494. The molecule has 0 fully saturated rings. The molecule has 0 aromatic heterocycles. The van der Waals surface area contributed by atoms with E-state index < -0.39 is 0 Å². The quantitative estimate of drug-likeness (QED) is 0.186. The van der Waals surface area contributed by atoms with Gasteiger partial charge in [0.15, 0.2) is 5.84 Å². The number of nitrogens with two attached hydrogens (primary N) is 1. The second-order valence-electron chi connectivity index (χ2n) is 5.18. The largest absolute Gasteiger partial charge is 0.409 e. The van der Waals surface area contributed by atoms with Crippen LogP contribution in [0.1, 0.15) is 43.2 Å². The van der Waals surface area contributed by atoms with Crippen LogP contribution >= 0.6 is 0 Å². The zero-order valence-corrected chi connectivity index (χ0v) is 11.8. The molecule has 1 aliphatic rings. The van der Waals surface area contributed by atoms with Gasteiger partial charge in [0.25, 0.3) is 0 Å². The van der Waals surface area contributed by atoms with Crippen LogP contribution in [-0.4, -0.2) is 17.6 Å². The Morgan fingerprint density at radius 3 is 2.90 bits per heavy atom. The number of nitrogens with one attached hydrogen (secondary N) is 1. The highest BCUT2D eigenvalue weighted by Gasteiger charge is 2.06. The summed E-state index contributed by atoms with van der Waals surface area (Å²) in [6.07, 6.45) is 8.66. The van der Waals surface area contributed by atoms with E-state index in [2.05, 4.69) is 16.5 Å². The predicted octanol–water partition coefficient (Wildman–Crippen LogP) is 2.76. The lowest BCUT2D eigenvalue weighted by atomic mass is 9.97. The first kappa shape index (κ1) is 14.6. The molecule has 0 bridgehead atoms. The number of allylic oxidation sites excluding steroid dienone is 1. The first-order valence-corrected chi connectivity index (χ1v) is 7.25. The van der Waals surface area contributed by atoms with Crippen LogP contribution in [0.3, 0.4) is 0 Å². The normalized spacial score (nSPS) is 16.0. The molecule has 1 aliphatic carbocycles. The van der Waals surface area contributed by atoms with E-state index >= 15 is 0 Å². The maximum Gasteiger partial charge on any atom is 0.170 e. The zero-order valence-electron chi connectivity index (χ0n) is 11.8. The van der Waals surface area contributed by atoms with Gasteiger partial charge in [0, 0.05) is 12.1 Å². The summed E-state index contributed by atoms with van der Waals surface area (Å²) in [6.45, 7) is 1.70. The van der Waals surface area contributed by atoms with Gasteiger partial charge in [-0.2, -0.15) is 0 Å². The molecule has 20 heavy (non-hydrogen) atoms. The van der Waals surface area contributed by atoms with Crippen molar-refractivity contribution < 1.29 is 5.21 Å². The highest BCUT2D eigenvalue weighted by atomic mass is 16.4. The Balaban J connectivity index is 1.83. The molecule has 4 nitrogen and oxygen atoms in total. The Hall–Kier alpha value is -1.81. The molecular weight excluding hydrogens is 250 g/mol. The smallest absolute Gasteiger partial charge is 0.170 e. The van der Waals surface area contributed by atoms with Gasteiger partial charge in [-0.3, -0.25) is 0 Å². The van der Waals surface area contributed by atoms with Crippen molar-refractivity contribution in [3.63, 3.8) is 0 Å². The monoisotopic (exact) mass is 273 g/mol. The van der Waals surface area contributed by atoms with Crippen LogP contribution in [0.5, 0.6) is 0 Å². The third-order valence-electron chi connectivity index (χ3n) is 3.72. The molecule has 0 aliphatic heterocycles. The van der Waals surface area contributed by atoms with Gasteiger partial charge in [-0.15, -0.1) is 0 Å². The number of oxime groups is 1. The van der Waals surface area contributed by atoms with Crippen molar-refractivity contribution in [1.82, 2.24) is 5.32 Å². The van der Waals surface area contributed by atoms with Crippen LogP contribution < -0.4 is 11.1 Å². The molecular formula is C16H23N3O. The lowest BCUT2D eigenvalue weighted by Gasteiger charge is -2.13. The van der Waals surface area contributed by atoms with Crippen molar-refractivity contribution in [2.75, 3.05) is 6.54 Å². The number of amidine groups is 1. The maximum atomic E-state index is 8.79. The third kappa shape index (κ3) is 4.10. The average Bonchev–Trinajstić information content (AvgIpc) is 2.52. The topological polar surface area (TPSA) is 70.6 Å². The number of benzene rings is 1. The molecule has 108 valence electrons. The molecule has 0 unspecified atom stereocenters. The second-order valence-corrected chi connectivity index (χ2v) is 5.18. The van der Waals surface area contributed by atoms with Crippen molar-refractivity contribution in [3.05, 3.63) is 47.0 Å². The predicted molar refractivity (Wildman–Crippen MR) is 81.8 cm³/mol. The fraction of sp³-hybridized carbons (Fsp3) is 0.438. The van der Waals surface area contributed by atoms with Crippen molar-refractivity contribution in [2.24, 2.45) is 10.9 Å². The van der Waals surface area contributed by atoms with Gasteiger partial charge in [-0.05, 0) is 44.2 Å². The Kier molecular flexibility index (Phi) is 5.62. The van der Waals surface area contributed by atoms with E-state index in [9.17, 15) is 0 Å². The van der Waals surface area contributed by atoms with Gasteiger partial charge >= 0.3 is 0 Å². The number of rotatable bonds is 6. The van der Waals surface area contributed by atoms with E-state index in [0.717, 1.165) is 30.6 Å². The summed E-state index contributed by atoms with van der Waals surface area (Å²) < 4.78 is 0. The Morgan fingerprint density at radius 2 is 2.15 bits per heavy atom. The van der Waals surface area contributed by atoms with Crippen LogP contribution in [0, 0.1) is 0 Å². The zero-order chi connectivity index (χ0) is 14.2. The molecule has 1 aromatic rings. The first-order valence-electron chi connectivity index (χ1n) is 7.25. The van der Waals surface area contributed by atoms with Crippen molar-refractivity contribution >= 4 is 5.84 Å². The number of nitrogens with zero attached hydrogens (tertiary/aromatic N) is 1. The summed E-state index contributed by atoms with van der Waals surface area (Å²) in [6, 6.07) is 7.73. The third-order valence-corrected chi connectivity index (χ3v) is 3.72. The van der Waals surface area contributed by atoms with E-state index in [4.69, 9.17) is 10.9 Å². The molecule has 1 aromatic carbocycles. The standard InChI is InChI=1S/C16H23N3O/c17-16(19-20)15-9-5-4-8-14(15)12-18-11-10-13-6-2-1-3-7-13/h4-6,8-9,18,20H,1-3,7,10-12H2,(H2,17,19). The van der Waals surface area contributed by atoms with Crippen molar-refractivity contribution in [3.8, 4) is 0 Å². The fourth-order valence-corrected chi connectivity index (χ4v) is 2.58. The average molecular weight is 273 g/mol. The first-order chi connectivity index (χ1) is 9.81. The molecule has 2 rings (SSSR count). The molecule has 0 atom stereocenters. The Labute approximate surface area is 120 Å².